The minimum Gasteiger partial charge on any atom is -0.507 e. The normalized spacial score (nSPS) is 23.6. The molecule has 0 amide bonds. The molecule has 1 fully saturated rings. The smallest absolute Gasteiger partial charge is 0.123 e. The van der Waals surface area contributed by atoms with Crippen molar-refractivity contribution in [3.05, 3.63) is 23.3 Å². The van der Waals surface area contributed by atoms with E-state index >= 15 is 0 Å². The minimum atomic E-state index is 0.432. The molecule has 2 nitrogen and oxygen atoms in total. The number of hydrogen-bond acceptors (Lipinski definition) is 2. The number of phenols is 1. The number of aryl methyl sites for hydroxylation is 1. The van der Waals surface area contributed by atoms with Crippen LogP contribution in [0.4, 0.5) is 5.69 Å². The fourth-order valence-electron chi connectivity index (χ4n) is 3.18. The summed E-state index contributed by atoms with van der Waals surface area (Å²) >= 11 is 0. The predicted molar refractivity (Wildman–Crippen MR) is 81.8 cm³/mol. The molecular formula is C17H27NO. The summed E-state index contributed by atoms with van der Waals surface area (Å²) in [5.41, 5.74) is 3.02. The zero-order chi connectivity index (χ0) is 14.0. The van der Waals surface area contributed by atoms with Gasteiger partial charge in [-0.05, 0) is 50.2 Å². The third kappa shape index (κ3) is 3.23. The van der Waals surface area contributed by atoms with Gasteiger partial charge in [0.2, 0.25) is 0 Å². The maximum absolute atomic E-state index is 10.0. The van der Waals surface area contributed by atoms with Gasteiger partial charge >= 0.3 is 0 Å². The van der Waals surface area contributed by atoms with Crippen LogP contribution in [0.1, 0.15) is 50.7 Å². The number of anilines is 1. The van der Waals surface area contributed by atoms with Crippen LogP contribution in [0, 0.1) is 25.7 Å². The summed E-state index contributed by atoms with van der Waals surface area (Å²) in [5, 5.41) is 13.7. The first-order valence-electron chi connectivity index (χ1n) is 7.54. The van der Waals surface area contributed by atoms with Gasteiger partial charge in [-0.2, -0.15) is 0 Å². The number of phenolic OH excluding ortho intramolecular Hbond substituents is 1. The van der Waals surface area contributed by atoms with Crippen molar-refractivity contribution in [2.24, 2.45) is 11.8 Å². The van der Waals surface area contributed by atoms with Crippen molar-refractivity contribution in [1.29, 1.82) is 0 Å². The Hall–Kier alpha value is -1.18. The maximum atomic E-state index is 10.0. The number of nitrogens with one attached hydrogen (secondary N) is 1. The first-order valence-corrected chi connectivity index (χ1v) is 7.54. The topological polar surface area (TPSA) is 32.3 Å². The van der Waals surface area contributed by atoms with Crippen molar-refractivity contribution in [2.75, 3.05) is 5.32 Å². The lowest BCUT2D eigenvalue weighted by Gasteiger charge is -2.33. The summed E-state index contributed by atoms with van der Waals surface area (Å²) in [6, 6.07) is 4.65. The Morgan fingerprint density at radius 1 is 1.21 bits per heavy atom. The van der Waals surface area contributed by atoms with E-state index in [2.05, 4.69) is 25.2 Å². The summed E-state index contributed by atoms with van der Waals surface area (Å²) < 4.78 is 0. The molecule has 2 heteroatoms. The third-order valence-electron chi connectivity index (χ3n) is 4.65. The third-order valence-corrected chi connectivity index (χ3v) is 4.65. The molecule has 0 bridgehead atoms. The maximum Gasteiger partial charge on any atom is 0.123 e. The Morgan fingerprint density at radius 2 is 1.95 bits per heavy atom. The first kappa shape index (κ1) is 14.2. The van der Waals surface area contributed by atoms with E-state index in [9.17, 15) is 5.11 Å². The Kier molecular flexibility index (Phi) is 4.38. The Bertz CT molecular complexity index is 439. The van der Waals surface area contributed by atoms with Crippen molar-refractivity contribution in [2.45, 2.75) is 59.4 Å². The van der Waals surface area contributed by atoms with Gasteiger partial charge in [0.1, 0.15) is 5.75 Å². The van der Waals surface area contributed by atoms with Gasteiger partial charge in [-0.25, -0.2) is 0 Å². The van der Waals surface area contributed by atoms with E-state index in [1.54, 1.807) is 0 Å². The van der Waals surface area contributed by atoms with E-state index in [0.29, 0.717) is 11.8 Å². The minimum absolute atomic E-state index is 0.432. The molecule has 1 aliphatic rings. The average molecular weight is 261 g/mol. The second-order valence-electron chi connectivity index (χ2n) is 6.42. The van der Waals surface area contributed by atoms with Crippen LogP contribution in [0.25, 0.3) is 0 Å². The quantitative estimate of drug-likeness (QED) is 0.831. The highest BCUT2D eigenvalue weighted by Crippen LogP contribution is 2.34. The van der Waals surface area contributed by atoms with E-state index in [0.717, 1.165) is 28.7 Å². The SMILES string of the molecule is Cc1ccc(NC2CCCC(C(C)C)C2)c(C)c1O. The number of benzene rings is 1. The van der Waals surface area contributed by atoms with Crippen LogP contribution in [0.5, 0.6) is 5.75 Å². The van der Waals surface area contributed by atoms with E-state index < -0.39 is 0 Å². The molecule has 1 aromatic rings. The molecule has 106 valence electrons. The van der Waals surface area contributed by atoms with Gasteiger partial charge in [-0.3, -0.25) is 0 Å². The summed E-state index contributed by atoms with van der Waals surface area (Å²) in [6.45, 7) is 8.60. The fraction of sp³-hybridized carbons (Fsp3) is 0.647. The number of hydrogen-bond donors (Lipinski definition) is 2. The lowest BCUT2D eigenvalue weighted by Crippen LogP contribution is -2.29. The lowest BCUT2D eigenvalue weighted by molar-refractivity contribution is 0.264. The van der Waals surface area contributed by atoms with E-state index in [4.69, 9.17) is 0 Å². The molecule has 0 saturated heterocycles. The number of rotatable bonds is 3. The van der Waals surface area contributed by atoms with Gasteiger partial charge in [0.05, 0.1) is 0 Å². The van der Waals surface area contributed by atoms with Gasteiger partial charge < -0.3 is 10.4 Å². The van der Waals surface area contributed by atoms with E-state index in [1.807, 2.05) is 19.9 Å². The van der Waals surface area contributed by atoms with Gasteiger partial charge in [0, 0.05) is 17.3 Å². The number of aromatic hydroxyl groups is 1. The molecule has 0 heterocycles. The molecule has 19 heavy (non-hydrogen) atoms. The molecule has 0 aromatic heterocycles. The lowest BCUT2D eigenvalue weighted by atomic mass is 9.79. The van der Waals surface area contributed by atoms with Crippen molar-refractivity contribution >= 4 is 5.69 Å². The van der Waals surface area contributed by atoms with Gasteiger partial charge in [-0.15, -0.1) is 0 Å². The highest BCUT2D eigenvalue weighted by Gasteiger charge is 2.24. The van der Waals surface area contributed by atoms with Gasteiger partial charge in [0.25, 0.3) is 0 Å². The molecule has 2 unspecified atom stereocenters. The highest BCUT2D eigenvalue weighted by molar-refractivity contribution is 5.59. The highest BCUT2D eigenvalue weighted by atomic mass is 16.3. The van der Waals surface area contributed by atoms with Crippen LogP contribution in [0.15, 0.2) is 12.1 Å². The standard InChI is InChI=1S/C17H27NO/c1-11(2)14-6-5-7-15(10-14)18-16-9-8-12(3)17(19)13(16)4/h8-9,11,14-15,18-19H,5-7,10H2,1-4H3. The molecule has 0 aliphatic heterocycles. The largest absolute Gasteiger partial charge is 0.507 e. The van der Waals surface area contributed by atoms with Crippen LogP contribution in [-0.2, 0) is 0 Å². The van der Waals surface area contributed by atoms with Crippen LogP contribution in [-0.4, -0.2) is 11.1 Å². The summed E-state index contributed by atoms with van der Waals surface area (Å²) in [6.07, 6.45) is 5.19. The van der Waals surface area contributed by atoms with Gasteiger partial charge in [0.15, 0.2) is 0 Å². The molecular weight excluding hydrogens is 234 g/mol. The molecule has 2 N–H and O–H groups in total. The molecule has 1 aromatic carbocycles. The van der Waals surface area contributed by atoms with Crippen LogP contribution in [0.2, 0.25) is 0 Å². The van der Waals surface area contributed by atoms with Crippen LogP contribution in [0.3, 0.4) is 0 Å². The fourth-order valence-corrected chi connectivity index (χ4v) is 3.18. The Balaban J connectivity index is 2.07. The van der Waals surface area contributed by atoms with Gasteiger partial charge in [-0.1, -0.05) is 32.8 Å². The molecule has 0 radical (unpaired) electrons. The molecule has 1 aliphatic carbocycles. The zero-order valence-electron chi connectivity index (χ0n) is 12.7. The Morgan fingerprint density at radius 3 is 2.63 bits per heavy atom. The van der Waals surface area contributed by atoms with Crippen molar-refractivity contribution in [1.82, 2.24) is 0 Å². The van der Waals surface area contributed by atoms with E-state index in [-0.39, 0.29) is 0 Å². The molecule has 2 atom stereocenters. The first-order chi connectivity index (χ1) is 8.99. The molecule has 1 saturated carbocycles. The molecule has 2 rings (SSSR count). The van der Waals surface area contributed by atoms with Crippen molar-refractivity contribution in [3.63, 3.8) is 0 Å². The monoisotopic (exact) mass is 261 g/mol. The van der Waals surface area contributed by atoms with Crippen LogP contribution >= 0.6 is 0 Å². The second kappa shape index (κ2) is 5.85. The van der Waals surface area contributed by atoms with E-state index in [1.165, 1.54) is 25.7 Å². The van der Waals surface area contributed by atoms with Crippen molar-refractivity contribution in [3.8, 4) is 5.75 Å². The van der Waals surface area contributed by atoms with Crippen molar-refractivity contribution < 1.29 is 5.11 Å². The molecule has 0 spiro atoms. The Labute approximate surface area is 117 Å². The predicted octanol–water partition coefficient (Wildman–Crippen LogP) is 4.64. The second-order valence-corrected chi connectivity index (χ2v) is 6.42. The summed E-state index contributed by atoms with van der Waals surface area (Å²) in [7, 11) is 0. The average Bonchev–Trinajstić information content (AvgIpc) is 2.40. The van der Waals surface area contributed by atoms with Crippen LogP contribution < -0.4 is 5.32 Å². The summed E-state index contributed by atoms with van der Waals surface area (Å²) in [4.78, 5) is 0. The summed E-state index contributed by atoms with van der Waals surface area (Å²) in [5.74, 6) is 2.05. The zero-order valence-corrected chi connectivity index (χ0v) is 12.7.